The molecule has 3 rings (SSSR count). The lowest BCUT2D eigenvalue weighted by Crippen LogP contribution is -2.38. The van der Waals surface area contributed by atoms with Crippen molar-refractivity contribution < 1.29 is 15.0 Å². The van der Waals surface area contributed by atoms with Crippen molar-refractivity contribution in [1.82, 2.24) is 4.90 Å². The maximum absolute atomic E-state index is 12.3. The molecule has 2 aromatic carbocycles. The van der Waals surface area contributed by atoms with E-state index in [-0.39, 0.29) is 12.4 Å². The van der Waals surface area contributed by atoms with Crippen LogP contribution in [-0.4, -0.2) is 40.7 Å². The number of hydrogen-bond donors (Lipinski definition) is 2. The first-order valence-corrected chi connectivity index (χ1v) is 9.77. The summed E-state index contributed by atoms with van der Waals surface area (Å²) >= 11 is 0. The molecule has 0 amide bonds. The molecule has 0 radical (unpaired) electrons. The van der Waals surface area contributed by atoms with Gasteiger partial charge < -0.3 is 15.1 Å². The number of aliphatic carboxylic acids is 1. The van der Waals surface area contributed by atoms with Gasteiger partial charge in [-0.1, -0.05) is 48.0 Å². The van der Waals surface area contributed by atoms with E-state index >= 15 is 0 Å². The number of rotatable bonds is 7. The SMILES string of the molecule is Cc1ccc(C)c(C(O)(C(=O)O)c2ccccc2CCCN2CCCC2)c1.Cl. The van der Waals surface area contributed by atoms with Crippen LogP contribution in [0.4, 0.5) is 0 Å². The van der Waals surface area contributed by atoms with Crippen LogP contribution in [-0.2, 0) is 16.8 Å². The number of carboxylic acids is 1. The van der Waals surface area contributed by atoms with Crippen LogP contribution in [0.2, 0.25) is 0 Å². The number of likely N-dealkylation sites (tertiary alicyclic amines) is 1. The molecule has 0 bridgehead atoms. The fourth-order valence-corrected chi connectivity index (χ4v) is 4.09. The minimum absolute atomic E-state index is 0. The Morgan fingerprint density at radius 1 is 1.07 bits per heavy atom. The van der Waals surface area contributed by atoms with Crippen LogP contribution < -0.4 is 0 Å². The summed E-state index contributed by atoms with van der Waals surface area (Å²) in [4.78, 5) is 14.7. The average molecular weight is 404 g/mol. The van der Waals surface area contributed by atoms with Crippen LogP contribution in [0.5, 0.6) is 0 Å². The summed E-state index contributed by atoms with van der Waals surface area (Å²) in [6.45, 7) is 7.08. The van der Waals surface area contributed by atoms with E-state index in [1.54, 1.807) is 18.2 Å². The van der Waals surface area contributed by atoms with E-state index in [1.807, 2.05) is 38.1 Å². The third-order valence-electron chi connectivity index (χ3n) is 5.62. The zero-order valence-corrected chi connectivity index (χ0v) is 17.5. The van der Waals surface area contributed by atoms with Crippen molar-refractivity contribution in [2.45, 2.75) is 45.1 Å². The van der Waals surface area contributed by atoms with Crippen molar-refractivity contribution in [3.05, 3.63) is 70.3 Å². The van der Waals surface area contributed by atoms with Gasteiger partial charge in [-0.25, -0.2) is 4.79 Å². The van der Waals surface area contributed by atoms with Crippen LogP contribution in [0.25, 0.3) is 0 Å². The summed E-state index contributed by atoms with van der Waals surface area (Å²) < 4.78 is 0. The lowest BCUT2D eigenvalue weighted by Gasteiger charge is -2.29. The van der Waals surface area contributed by atoms with Gasteiger partial charge in [0.1, 0.15) is 0 Å². The minimum Gasteiger partial charge on any atom is -0.479 e. The van der Waals surface area contributed by atoms with Gasteiger partial charge in [0, 0.05) is 11.1 Å². The number of halogens is 1. The standard InChI is InChI=1S/C23H29NO3.ClH/c1-17-11-12-18(2)21(16-17)23(27,22(25)26)20-10-4-3-8-19(20)9-7-15-24-13-5-6-14-24;/h3-4,8,10-12,16,27H,5-7,9,13-15H2,1-2H3,(H,25,26);1H. The molecule has 1 heterocycles. The fraction of sp³-hybridized carbons (Fsp3) is 0.435. The van der Waals surface area contributed by atoms with E-state index in [0.29, 0.717) is 11.1 Å². The average Bonchev–Trinajstić information content (AvgIpc) is 3.17. The quantitative estimate of drug-likeness (QED) is 0.731. The highest BCUT2D eigenvalue weighted by Gasteiger charge is 2.42. The number of carbonyl (C=O) groups is 1. The lowest BCUT2D eigenvalue weighted by atomic mass is 9.80. The predicted molar refractivity (Wildman–Crippen MR) is 114 cm³/mol. The molecule has 1 aliphatic heterocycles. The maximum atomic E-state index is 12.3. The van der Waals surface area contributed by atoms with Gasteiger partial charge in [0.2, 0.25) is 5.60 Å². The van der Waals surface area contributed by atoms with E-state index < -0.39 is 11.6 Å². The molecule has 152 valence electrons. The summed E-state index contributed by atoms with van der Waals surface area (Å²) in [5.41, 5.74) is 1.50. The Morgan fingerprint density at radius 2 is 1.75 bits per heavy atom. The normalized spacial score (nSPS) is 16.4. The van der Waals surface area contributed by atoms with E-state index in [0.717, 1.165) is 49.2 Å². The van der Waals surface area contributed by atoms with Crippen LogP contribution in [0, 0.1) is 13.8 Å². The summed E-state index contributed by atoms with van der Waals surface area (Å²) in [5, 5.41) is 21.4. The fourth-order valence-electron chi connectivity index (χ4n) is 4.09. The third-order valence-corrected chi connectivity index (χ3v) is 5.62. The second-order valence-corrected chi connectivity index (χ2v) is 7.64. The van der Waals surface area contributed by atoms with E-state index in [9.17, 15) is 15.0 Å². The minimum atomic E-state index is -2.04. The van der Waals surface area contributed by atoms with Crippen LogP contribution in [0.1, 0.15) is 47.1 Å². The molecule has 0 spiro atoms. The number of aliphatic hydroxyl groups is 1. The highest BCUT2D eigenvalue weighted by molar-refractivity contribution is 5.85. The molecular weight excluding hydrogens is 374 g/mol. The van der Waals surface area contributed by atoms with Crippen molar-refractivity contribution in [2.75, 3.05) is 19.6 Å². The molecule has 1 saturated heterocycles. The van der Waals surface area contributed by atoms with Gasteiger partial charge in [-0.3, -0.25) is 0 Å². The van der Waals surface area contributed by atoms with Gasteiger partial charge in [-0.15, -0.1) is 12.4 Å². The predicted octanol–water partition coefficient (Wildman–Crippen LogP) is 4.07. The number of carboxylic acid groups (broad SMARTS) is 1. The first kappa shape index (κ1) is 22.4. The van der Waals surface area contributed by atoms with Gasteiger partial charge >= 0.3 is 5.97 Å². The van der Waals surface area contributed by atoms with Gasteiger partial charge in [0.25, 0.3) is 0 Å². The molecule has 1 aliphatic rings. The Labute approximate surface area is 173 Å². The van der Waals surface area contributed by atoms with Crippen molar-refractivity contribution in [1.29, 1.82) is 0 Å². The molecule has 1 atom stereocenters. The summed E-state index contributed by atoms with van der Waals surface area (Å²) in [6.07, 6.45) is 4.25. The Balaban J connectivity index is 0.00000280. The number of hydrogen-bond acceptors (Lipinski definition) is 3. The molecule has 1 unspecified atom stereocenters. The van der Waals surface area contributed by atoms with E-state index in [4.69, 9.17) is 0 Å². The van der Waals surface area contributed by atoms with Crippen molar-refractivity contribution >= 4 is 18.4 Å². The molecule has 5 heteroatoms. The van der Waals surface area contributed by atoms with Gasteiger partial charge in [-0.05, 0) is 70.3 Å². The van der Waals surface area contributed by atoms with Crippen molar-refractivity contribution in [3.63, 3.8) is 0 Å². The van der Waals surface area contributed by atoms with Crippen LogP contribution in [0.15, 0.2) is 42.5 Å². The Kier molecular flexibility index (Phi) is 7.64. The number of benzene rings is 2. The van der Waals surface area contributed by atoms with Crippen molar-refractivity contribution in [2.24, 2.45) is 0 Å². The monoisotopic (exact) mass is 403 g/mol. The molecule has 2 aromatic rings. The van der Waals surface area contributed by atoms with Crippen molar-refractivity contribution in [3.8, 4) is 0 Å². The van der Waals surface area contributed by atoms with Crippen LogP contribution >= 0.6 is 12.4 Å². The molecule has 0 aromatic heterocycles. The highest BCUT2D eigenvalue weighted by Crippen LogP contribution is 2.35. The summed E-state index contributed by atoms with van der Waals surface area (Å²) in [6, 6.07) is 13.0. The molecule has 2 N–H and O–H groups in total. The first-order valence-electron chi connectivity index (χ1n) is 9.77. The molecule has 28 heavy (non-hydrogen) atoms. The second-order valence-electron chi connectivity index (χ2n) is 7.64. The number of nitrogens with zero attached hydrogens (tertiary/aromatic N) is 1. The molecular formula is C23H30ClNO3. The topological polar surface area (TPSA) is 60.8 Å². The zero-order chi connectivity index (χ0) is 19.4. The van der Waals surface area contributed by atoms with E-state index in [2.05, 4.69) is 4.90 Å². The molecule has 4 nitrogen and oxygen atoms in total. The Hall–Kier alpha value is -1.88. The molecule has 0 aliphatic carbocycles. The number of aryl methyl sites for hydroxylation is 3. The molecule has 0 saturated carbocycles. The summed E-state index contributed by atoms with van der Waals surface area (Å²) in [5.74, 6) is -1.23. The maximum Gasteiger partial charge on any atom is 0.345 e. The lowest BCUT2D eigenvalue weighted by molar-refractivity contribution is -0.155. The third kappa shape index (κ3) is 4.57. The smallest absolute Gasteiger partial charge is 0.345 e. The largest absolute Gasteiger partial charge is 0.479 e. The van der Waals surface area contributed by atoms with Gasteiger partial charge in [0.15, 0.2) is 0 Å². The Bertz CT molecular complexity index is 817. The summed E-state index contributed by atoms with van der Waals surface area (Å²) in [7, 11) is 0. The second kappa shape index (κ2) is 9.55. The highest BCUT2D eigenvalue weighted by atomic mass is 35.5. The molecule has 1 fully saturated rings. The Morgan fingerprint density at radius 3 is 2.43 bits per heavy atom. The first-order chi connectivity index (χ1) is 12.9. The van der Waals surface area contributed by atoms with Crippen LogP contribution in [0.3, 0.4) is 0 Å². The van der Waals surface area contributed by atoms with Gasteiger partial charge in [-0.2, -0.15) is 0 Å². The zero-order valence-electron chi connectivity index (χ0n) is 16.6. The van der Waals surface area contributed by atoms with E-state index in [1.165, 1.54) is 12.8 Å². The van der Waals surface area contributed by atoms with Gasteiger partial charge in [0.05, 0.1) is 0 Å².